The number of aromatic nitrogens is 4. The molecule has 0 radical (unpaired) electrons. The average molecular weight is 501 g/mol. The van der Waals surface area contributed by atoms with E-state index in [1.54, 1.807) is 22.8 Å². The molecule has 0 bridgehead atoms. The van der Waals surface area contributed by atoms with E-state index in [0.717, 1.165) is 79.7 Å². The van der Waals surface area contributed by atoms with Gasteiger partial charge >= 0.3 is 0 Å². The van der Waals surface area contributed by atoms with E-state index >= 15 is 0 Å². The van der Waals surface area contributed by atoms with E-state index in [1.807, 2.05) is 16.7 Å². The number of aryl methyl sites for hydroxylation is 1. The van der Waals surface area contributed by atoms with Crippen LogP contribution in [-0.2, 0) is 16.6 Å². The second-order valence-corrected chi connectivity index (χ2v) is 11.2. The third-order valence-electron chi connectivity index (χ3n) is 7.04. The van der Waals surface area contributed by atoms with Crippen molar-refractivity contribution in [1.29, 1.82) is 0 Å². The van der Waals surface area contributed by atoms with Crippen LogP contribution in [0.1, 0.15) is 63.6 Å². The first-order valence-electron chi connectivity index (χ1n) is 12.4. The highest BCUT2D eigenvalue weighted by molar-refractivity contribution is 7.89. The standard InChI is InChI=1S/C24H32N6O2S.H4N2/c1-2-29-16-26-22-21(27-23(28-24(22)29)18-6-10-19(25)11-7-18)17-8-12-20(13-9-17)33(31,32)30-14-4-3-5-15-30;1-2/h8-9,12-13,16,18-19H,2-7,10-11,14-15,25H2,1H3;1-2H2. The Morgan fingerprint density at radius 3 is 2.26 bits per heavy atom. The lowest BCUT2D eigenvalue weighted by atomic mass is 9.86. The van der Waals surface area contributed by atoms with E-state index in [4.69, 9.17) is 15.7 Å². The van der Waals surface area contributed by atoms with E-state index in [2.05, 4.69) is 23.6 Å². The molecular weight excluding hydrogens is 464 g/mol. The first-order chi connectivity index (χ1) is 17.0. The van der Waals surface area contributed by atoms with E-state index in [0.29, 0.717) is 18.0 Å². The number of fused-ring (bicyclic) bond motifs is 1. The minimum absolute atomic E-state index is 0.264. The highest BCUT2D eigenvalue weighted by Crippen LogP contribution is 2.34. The van der Waals surface area contributed by atoms with Gasteiger partial charge in [-0.15, -0.1) is 0 Å². The highest BCUT2D eigenvalue weighted by Gasteiger charge is 2.27. The molecule has 0 unspecified atom stereocenters. The van der Waals surface area contributed by atoms with Gasteiger partial charge in [0.25, 0.3) is 0 Å². The second-order valence-electron chi connectivity index (χ2n) is 9.23. The minimum atomic E-state index is -3.46. The molecule has 1 aliphatic carbocycles. The van der Waals surface area contributed by atoms with Crippen molar-refractivity contribution in [1.82, 2.24) is 23.8 Å². The topological polar surface area (TPSA) is 159 Å². The Morgan fingerprint density at radius 2 is 1.63 bits per heavy atom. The number of rotatable bonds is 5. The van der Waals surface area contributed by atoms with Crippen LogP contribution < -0.4 is 17.4 Å². The molecule has 2 aromatic heterocycles. The van der Waals surface area contributed by atoms with Crippen LogP contribution in [0.15, 0.2) is 35.5 Å². The van der Waals surface area contributed by atoms with Gasteiger partial charge < -0.3 is 10.3 Å². The molecular formula is C24H36N8O2S. The fourth-order valence-electron chi connectivity index (χ4n) is 4.99. The first kappa shape index (κ1) is 25.6. The molecule has 1 aliphatic heterocycles. The van der Waals surface area contributed by atoms with Gasteiger partial charge in [0.2, 0.25) is 10.0 Å². The van der Waals surface area contributed by atoms with Gasteiger partial charge in [0.15, 0.2) is 5.65 Å². The number of imidazole rings is 1. The summed E-state index contributed by atoms with van der Waals surface area (Å²) in [5.74, 6) is 9.12. The monoisotopic (exact) mass is 500 g/mol. The normalized spacial score (nSPS) is 21.5. The van der Waals surface area contributed by atoms with Crippen LogP contribution in [0.3, 0.4) is 0 Å². The Labute approximate surface area is 206 Å². The van der Waals surface area contributed by atoms with Gasteiger partial charge in [-0.05, 0) is 57.6 Å². The number of hydrogen-bond acceptors (Lipinski definition) is 8. The van der Waals surface area contributed by atoms with Crippen molar-refractivity contribution in [3.8, 4) is 11.3 Å². The largest absolute Gasteiger partial charge is 0.328 e. The number of nitrogens with two attached hydrogens (primary N) is 3. The summed E-state index contributed by atoms with van der Waals surface area (Å²) in [4.78, 5) is 14.8. The average Bonchev–Trinajstić information content (AvgIpc) is 3.33. The molecule has 10 nitrogen and oxygen atoms in total. The smallest absolute Gasteiger partial charge is 0.243 e. The van der Waals surface area contributed by atoms with Gasteiger partial charge in [0.05, 0.1) is 11.2 Å². The number of piperidine rings is 1. The van der Waals surface area contributed by atoms with E-state index < -0.39 is 10.0 Å². The lowest BCUT2D eigenvalue weighted by molar-refractivity contribution is 0.346. The molecule has 1 saturated heterocycles. The maximum absolute atomic E-state index is 13.1. The Bertz CT molecular complexity index is 1230. The molecule has 3 aromatic rings. The molecule has 190 valence electrons. The summed E-state index contributed by atoms with van der Waals surface area (Å²) in [7, 11) is -3.46. The van der Waals surface area contributed by atoms with Crippen LogP contribution in [0, 0.1) is 0 Å². The molecule has 35 heavy (non-hydrogen) atoms. The quantitative estimate of drug-likeness (QED) is 0.356. The van der Waals surface area contributed by atoms with E-state index in [1.165, 1.54) is 0 Å². The van der Waals surface area contributed by atoms with Crippen LogP contribution in [0.2, 0.25) is 0 Å². The van der Waals surface area contributed by atoms with Crippen molar-refractivity contribution in [2.75, 3.05) is 13.1 Å². The zero-order valence-corrected chi connectivity index (χ0v) is 21.1. The number of hydrogen-bond donors (Lipinski definition) is 3. The predicted molar refractivity (Wildman–Crippen MR) is 137 cm³/mol. The number of benzene rings is 1. The Balaban J connectivity index is 0.00000141. The zero-order valence-electron chi connectivity index (χ0n) is 20.3. The lowest BCUT2D eigenvalue weighted by Crippen LogP contribution is -2.35. The Kier molecular flexibility index (Phi) is 8.12. The Morgan fingerprint density at radius 1 is 0.971 bits per heavy atom. The molecule has 0 spiro atoms. The third kappa shape index (κ3) is 5.24. The second kappa shape index (κ2) is 11.1. The summed E-state index contributed by atoms with van der Waals surface area (Å²) in [6.07, 6.45) is 8.68. The van der Waals surface area contributed by atoms with Crippen molar-refractivity contribution < 1.29 is 8.42 Å². The molecule has 5 rings (SSSR count). The van der Waals surface area contributed by atoms with E-state index in [9.17, 15) is 8.42 Å². The molecule has 1 aromatic carbocycles. The summed E-state index contributed by atoms with van der Waals surface area (Å²) in [5.41, 5.74) is 9.31. The van der Waals surface area contributed by atoms with Crippen LogP contribution >= 0.6 is 0 Å². The van der Waals surface area contributed by atoms with E-state index in [-0.39, 0.29) is 12.0 Å². The third-order valence-corrected chi connectivity index (χ3v) is 8.95. The summed E-state index contributed by atoms with van der Waals surface area (Å²) < 4.78 is 29.7. The van der Waals surface area contributed by atoms with Crippen molar-refractivity contribution in [2.24, 2.45) is 17.4 Å². The first-order valence-corrected chi connectivity index (χ1v) is 13.8. The number of nitrogens with zero attached hydrogens (tertiary/aromatic N) is 5. The SMILES string of the molecule is CCn1cnc2c(-c3ccc(S(=O)(=O)N4CCCCC4)cc3)nc(C3CCC(N)CC3)nc21.NN. The minimum Gasteiger partial charge on any atom is -0.328 e. The van der Waals surface area contributed by atoms with Gasteiger partial charge in [-0.25, -0.2) is 23.4 Å². The van der Waals surface area contributed by atoms with Crippen molar-refractivity contribution in [3.63, 3.8) is 0 Å². The van der Waals surface area contributed by atoms with Gasteiger partial charge in [0.1, 0.15) is 17.0 Å². The Hall–Kier alpha value is -2.44. The van der Waals surface area contributed by atoms with Crippen molar-refractivity contribution in [3.05, 3.63) is 36.4 Å². The zero-order chi connectivity index (χ0) is 25.0. The maximum Gasteiger partial charge on any atom is 0.243 e. The predicted octanol–water partition coefficient (Wildman–Crippen LogP) is 2.49. The molecule has 6 N–H and O–H groups in total. The summed E-state index contributed by atoms with van der Waals surface area (Å²) in [6.45, 7) is 4.04. The van der Waals surface area contributed by atoms with Gasteiger partial charge in [-0.3, -0.25) is 11.7 Å². The van der Waals surface area contributed by atoms with Gasteiger partial charge in [-0.2, -0.15) is 4.31 Å². The number of sulfonamides is 1. The summed E-state index contributed by atoms with van der Waals surface area (Å²) in [5, 5.41) is 0. The van der Waals surface area contributed by atoms with Crippen LogP contribution in [0.5, 0.6) is 0 Å². The molecule has 11 heteroatoms. The lowest BCUT2D eigenvalue weighted by Gasteiger charge is -2.26. The summed E-state index contributed by atoms with van der Waals surface area (Å²) >= 11 is 0. The number of hydrazine groups is 1. The summed E-state index contributed by atoms with van der Waals surface area (Å²) in [6, 6.07) is 7.36. The maximum atomic E-state index is 13.1. The molecule has 2 aliphatic rings. The van der Waals surface area contributed by atoms with Crippen molar-refractivity contribution in [2.45, 2.75) is 75.3 Å². The molecule has 3 heterocycles. The fourth-order valence-corrected chi connectivity index (χ4v) is 6.51. The highest BCUT2D eigenvalue weighted by atomic mass is 32.2. The molecule has 0 amide bonds. The molecule has 0 atom stereocenters. The van der Waals surface area contributed by atoms with Crippen LogP contribution in [0.4, 0.5) is 0 Å². The fraction of sp³-hybridized carbons (Fsp3) is 0.542. The molecule has 1 saturated carbocycles. The molecule has 2 fully saturated rings. The van der Waals surface area contributed by atoms with Crippen LogP contribution in [0.25, 0.3) is 22.4 Å². The van der Waals surface area contributed by atoms with Gasteiger partial charge in [-0.1, -0.05) is 18.6 Å². The van der Waals surface area contributed by atoms with Gasteiger partial charge in [0, 0.05) is 37.2 Å². The van der Waals surface area contributed by atoms with Crippen molar-refractivity contribution >= 4 is 21.2 Å². The van der Waals surface area contributed by atoms with Crippen LogP contribution in [-0.4, -0.2) is 51.4 Å².